The maximum atomic E-state index is 7.75. The molecule has 0 radical (unpaired) electrons. The zero-order chi connectivity index (χ0) is 5.58. The Labute approximate surface area is 61.6 Å². The van der Waals surface area contributed by atoms with E-state index in [9.17, 15) is 0 Å². The van der Waals surface area contributed by atoms with Crippen molar-refractivity contribution >= 4 is 29.8 Å². The molecule has 0 saturated carbocycles. The summed E-state index contributed by atoms with van der Waals surface area (Å²) in [4.78, 5) is 7.75. The third-order valence-corrected chi connectivity index (χ3v) is 0. The van der Waals surface area contributed by atoms with Gasteiger partial charge in [-0.3, -0.25) is 6.79 Å². The average molecular weight is 110 g/mol. The molecular formula is C5H10MgO. The number of hydrogen-bond acceptors (Lipinski definition) is 1. The van der Waals surface area contributed by atoms with E-state index in [1.54, 1.807) is 0 Å². The third kappa shape index (κ3) is 666. The van der Waals surface area contributed by atoms with E-state index < -0.39 is 0 Å². The molecule has 7 heavy (non-hydrogen) atoms. The second kappa shape index (κ2) is 16.1. The Hall–Kier alpha value is 0.436. The van der Waals surface area contributed by atoms with E-state index >= 15 is 0 Å². The number of hydrogen-bond donors (Lipinski definition) is 0. The van der Waals surface area contributed by atoms with Crippen LogP contribution in [0.4, 0.5) is 0 Å². The van der Waals surface area contributed by atoms with Crippen molar-refractivity contribution in [2.24, 2.45) is 5.92 Å². The van der Waals surface area contributed by atoms with Crippen molar-refractivity contribution < 1.29 is 4.79 Å². The monoisotopic (exact) mass is 110 g/mol. The summed E-state index contributed by atoms with van der Waals surface area (Å²) in [7, 11) is 0. The molecule has 0 spiro atoms. The predicted molar refractivity (Wildman–Crippen MR) is 32.7 cm³/mol. The van der Waals surface area contributed by atoms with Gasteiger partial charge < -0.3 is 11.7 Å². The third-order valence-electron chi connectivity index (χ3n) is 0. The van der Waals surface area contributed by atoms with Crippen LogP contribution in [-0.2, 0) is 4.79 Å². The number of carbonyl (C=O) groups excluding carboxylic acids is 1. The minimum atomic E-state index is 0. The van der Waals surface area contributed by atoms with E-state index in [1.807, 2.05) is 0 Å². The summed E-state index contributed by atoms with van der Waals surface area (Å²) in [6.07, 6.45) is 0. The van der Waals surface area contributed by atoms with Gasteiger partial charge in [0.15, 0.2) is 0 Å². The summed E-state index contributed by atoms with van der Waals surface area (Å²) in [5, 5.41) is 0. The van der Waals surface area contributed by atoms with Crippen LogP contribution < -0.4 is 0 Å². The van der Waals surface area contributed by atoms with Crippen LogP contribution in [0, 0.1) is 12.8 Å². The Bertz CT molecular complexity index is 19.3. The van der Waals surface area contributed by atoms with E-state index in [1.165, 1.54) is 0 Å². The van der Waals surface area contributed by atoms with Gasteiger partial charge in [0.1, 0.15) is 0 Å². The average Bonchev–Trinajstić information content (AvgIpc) is 1.41. The summed E-state index contributed by atoms with van der Waals surface area (Å²) >= 11 is 0. The minimum absolute atomic E-state index is 0. The molecule has 0 aromatic rings. The van der Waals surface area contributed by atoms with Crippen LogP contribution in [0.5, 0.6) is 0 Å². The summed E-state index contributed by atoms with van der Waals surface area (Å²) in [5.74, 6) is 0.583. The van der Waals surface area contributed by atoms with Crippen LogP contribution in [0.1, 0.15) is 13.8 Å². The first-order valence-electron chi connectivity index (χ1n) is 1.80. The molecule has 0 aromatic heterocycles. The van der Waals surface area contributed by atoms with E-state index in [0.717, 1.165) is 0 Å². The minimum Gasteiger partial charge on any atom is -0.545 e. The van der Waals surface area contributed by atoms with Crippen molar-refractivity contribution in [3.63, 3.8) is 0 Å². The molecule has 38 valence electrons. The maximum absolute atomic E-state index is 7.75. The van der Waals surface area contributed by atoms with Crippen LogP contribution in [0.3, 0.4) is 0 Å². The first-order valence-corrected chi connectivity index (χ1v) is 1.80. The fraction of sp³-hybridized carbons (Fsp3) is 0.600. The molecule has 0 rings (SSSR count). The molecule has 1 nitrogen and oxygen atoms in total. The van der Waals surface area contributed by atoms with Gasteiger partial charge in [-0.25, -0.2) is 0 Å². The van der Waals surface area contributed by atoms with Crippen molar-refractivity contribution in [2.75, 3.05) is 0 Å². The van der Waals surface area contributed by atoms with Crippen molar-refractivity contribution in [3.8, 4) is 0 Å². The zero-order valence-corrected chi connectivity index (χ0v) is 6.39. The summed E-state index contributed by atoms with van der Waals surface area (Å²) in [5.41, 5.74) is 0. The Kier molecular flexibility index (Phi) is 36.0. The van der Waals surface area contributed by atoms with Gasteiger partial charge in [-0.1, -0.05) is 13.8 Å². The number of rotatable bonds is 0. The second-order valence-corrected chi connectivity index (χ2v) is 1.39. The Morgan fingerprint density at radius 1 is 1.43 bits per heavy atom. The molecule has 0 bridgehead atoms. The molecule has 0 unspecified atom stereocenters. The fourth-order valence-corrected chi connectivity index (χ4v) is 0. The molecule has 0 N–H and O–H groups in total. The van der Waals surface area contributed by atoms with Crippen molar-refractivity contribution in [1.82, 2.24) is 0 Å². The van der Waals surface area contributed by atoms with Gasteiger partial charge in [0.2, 0.25) is 0 Å². The summed E-state index contributed by atoms with van der Waals surface area (Å²) in [6, 6.07) is 0. The van der Waals surface area contributed by atoms with Gasteiger partial charge in [0.25, 0.3) is 0 Å². The van der Waals surface area contributed by atoms with Crippen molar-refractivity contribution in [3.05, 3.63) is 6.92 Å². The standard InChI is InChI=1S/C4H9.CHO.Mg/c1-4(2)3;1-2;/h4H,1H2,2-3H3;1H;/q2*-1;+2. The van der Waals surface area contributed by atoms with E-state index in [0.29, 0.717) is 5.92 Å². The molecule has 0 aliphatic heterocycles. The van der Waals surface area contributed by atoms with E-state index in [-0.39, 0.29) is 23.1 Å². The molecule has 0 heterocycles. The fourth-order valence-electron chi connectivity index (χ4n) is 0. The van der Waals surface area contributed by atoms with Gasteiger partial charge in [-0.15, -0.1) is 0 Å². The molecule has 2 heteroatoms. The second-order valence-electron chi connectivity index (χ2n) is 1.39. The van der Waals surface area contributed by atoms with Gasteiger partial charge in [-0.2, -0.15) is 5.92 Å². The van der Waals surface area contributed by atoms with Crippen LogP contribution in [0.15, 0.2) is 0 Å². The van der Waals surface area contributed by atoms with Crippen molar-refractivity contribution in [1.29, 1.82) is 0 Å². The first-order chi connectivity index (χ1) is 2.73. The Morgan fingerprint density at radius 2 is 1.43 bits per heavy atom. The van der Waals surface area contributed by atoms with Gasteiger partial charge in [0, 0.05) is 0 Å². The maximum Gasteiger partial charge on any atom is 2.00 e. The topological polar surface area (TPSA) is 17.1 Å². The molecule has 0 aliphatic carbocycles. The van der Waals surface area contributed by atoms with E-state index in [2.05, 4.69) is 27.6 Å². The first kappa shape index (κ1) is 15.7. The zero-order valence-electron chi connectivity index (χ0n) is 4.98. The predicted octanol–water partition coefficient (Wildman–Crippen LogP) is 0.822. The normalized spacial score (nSPS) is 5.71. The van der Waals surface area contributed by atoms with Crippen LogP contribution >= 0.6 is 0 Å². The van der Waals surface area contributed by atoms with Crippen LogP contribution in [0.2, 0.25) is 0 Å². The summed E-state index contributed by atoms with van der Waals surface area (Å²) < 4.78 is 0. The summed E-state index contributed by atoms with van der Waals surface area (Å²) in [6.45, 7) is 11.0. The quantitative estimate of drug-likeness (QED) is 0.256. The SMILES string of the molecule is [CH-]=O.[CH2-]C(C)C.[Mg+2]. The Morgan fingerprint density at radius 3 is 1.43 bits per heavy atom. The molecule has 0 atom stereocenters. The molecule has 0 amide bonds. The van der Waals surface area contributed by atoms with Crippen LogP contribution in [-0.4, -0.2) is 29.8 Å². The van der Waals surface area contributed by atoms with Crippen LogP contribution in [0.25, 0.3) is 0 Å². The van der Waals surface area contributed by atoms with Crippen molar-refractivity contribution in [2.45, 2.75) is 13.8 Å². The smallest absolute Gasteiger partial charge is 0.545 e. The molecule has 0 aliphatic rings. The van der Waals surface area contributed by atoms with Gasteiger partial charge in [0.05, 0.1) is 0 Å². The van der Waals surface area contributed by atoms with E-state index in [4.69, 9.17) is 4.79 Å². The molecule has 0 saturated heterocycles. The van der Waals surface area contributed by atoms with Gasteiger partial charge >= 0.3 is 23.1 Å². The largest absolute Gasteiger partial charge is 2.00 e. The molecule has 0 fully saturated rings. The Balaban J connectivity index is -0.0000000480. The molecular weight excluding hydrogens is 100 g/mol. The molecule has 0 aromatic carbocycles. The van der Waals surface area contributed by atoms with Gasteiger partial charge in [-0.05, 0) is 0 Å².